The molecule has 3 nitrogen and oxygen atoms in total. The van der Waals surface area contributed by atoms with Crippen LogP contribution in [0, 0.1) is 11.8 Å². The zero-order chi connectivity index (χ0) is 16.0. The summed E-state index contributed by atoms with van der Waals surface area (Å²) in [5, 5.41) is 3.01. The summed E-state index contributed by atoms with van der Waals surface area (Å²) >= 11 is 0. The maximum Gasteiger partial charge on any atom is 0.237 e. The zero-order valence-electron chi connectivity index (χ0n) is 14.0. The van der Waals surface area contributed by atoms with Crippen LogP contribution in [-0.2, 0) is 11.2 Å². The zero-order valence-corrected chi connectivity index (χ0v) is 14.0. The van der Waals surface area contributed by atoms with Crippen molar-refractivity contribution in [2.24, 2.45) is 17.6 Å². The van der Waals surface area contributed by atoms with Crippen molar-refractivity contribution in [3.63, 3.8) is 0 Å². The first-order valence-electron chi connectivity index (χ1n) is 7.99. The van der Waals surface area contributed by atoms with Gasteiger partial charge < -0.3 is 11.1 Å². The average molecular weight is 290 g/mol. The first-order chi connectivity index (χ1) is 9.85. The maximum absolute atomic E-state index is 12.1. The molecule has 0 radical (unpaired) electrons. The molecule has 1 aromatic rings. The number of hydrogen-bond donors (Lipinski definition) is 2. The first kappa shape index (κ1) is 17.7. The molecule has 1 rings (SSSR count). The summed E-state index contributed by atoms with van der Waals surface area (Å²) in [7, 11) is 0. The Morgan fingerprint density at radius 3 is 2.19 bits per heavy atom. The lowest BCUT2D eigenvalue weighted by Crippen LogP contribution is -2.45. The van der Waals surface area contributed by atoms with Gasteiger partial charge in [0.15, 0.2) is 0 Å². The average Bonchev–Trinajstić information content (AvgIpc) is 2.45. The van der Waals surface area contributed by atoms with Gasteiger partial charge in [-0.05, 0) is 36.3 Å². The molecule has 21 heavy (non-hydrogen) atoms. The number of nitrogens with two attached hydrogens (primary N) is 1. The summed E-state index contributed by atoms with van der Waals surface area (Å²) in [5.74, 6) is 0.787. The molecule has 0 aliphatic rings. The SMILES string of the molecule is CCC(C)C(N)C(=O)NC(C)c1ccc(CC(C)C)cc1. The first-order valence-corrected chi connectivity index (χ1v) is 7.99. The maximum atomic E-state index is 12.1. The minimum atomic E-state index is -0.433. The molecular weight excluding hydrogens is 260 g/mol. The van der Waals surface area contributed by atoms with Crippen molar-refractivity contribution in [1.82, 2.24) is 5.32 Å². The Morgan fingerprint density at radius 2 is 1.71 bits per heavy atom. The smallest absolute Gasteiger partial charge is 0.237 e. The Morgan fingerprint density at radius 1 is 1.14 bits per heavy atom. The van der Waals surface area contributed by atoms with E-state index in [9.17, 15) is 4.79 Å². The van der Waals surface area contributed by atoms with Crippen molar-refractivity contribution in [2.45, 2.75) is 59.5 Å². The van der Waals surface area contributed by atoms with Gasteiger partial charge in [-0.2, -0.15) is 0 Å². The second-order valence-corrected chi connectivity index (χ2v) is 6.48. The van der Waals surface area contributed by atoms with Gasteiger partial charge in [-0.15, -0.1) is 0 Å². The molecule has 0 aromatic heterocycles. The predicted molar refractivity (Wildman–Crippen MR) is 89.0 cm³/mol. The van der Waals surface area contributed by atoms with Gasteiger partial charge in [-0.25, -0.2) is 0 Å². The third-order valence-corrected chi connectivity index (χ3v) is 4.04. The highest BCUT2D eigenvalue weighted by molar-refractivity contribution is 5.82. The standard InChI is InChI=1S/C18H30N2O/c1-6-13(4)17(19)18(21)20-14(5)16-9-7-15(8-10-16)11-12(2)3/h7-10,12-14,17H,6,11,19H2,1-5H3,(H,20,21). The molecule has 3 unspecified atom stereocenters. The molecule has 0 saturated carbocycles. The number of rotatable bonds is 7. The van der Waals surface area contributed by atoms with Crippen LogP contribution in [0.5, 0.6) is 0 Å². The Kier molecular flexibility index (Phi) is 6.90. The minimum absolute atomic E-state index is 0.0132. The highest BCUT2D eigenvalue weighted by Gasteiger charge is 2.21. The minimum Gasteiger partial charge on any atom is -0.348 e. The van der Waals surface area contributed by atoms with E-state index in [4.69, 9.17) is 5.73 Å². The van der Waals surface area contributed by atoms with Gasteiger partial charge in [0.25, 0.3) is 0 Å². The van der Waals surface area contributed by atoms with Gasteiger partial charge >= 0.3 is 0 Å². The van der Waals surface area contributed by atoms with Crippen LogP contribution in [0.3, 0.4) is 0 Å². The second kappa shape index (κ2) is 8.18. The molecule has 0 spiro atoms. The quantitative estimate of drug-likeness (QED) is 0.808. The second-order valence-electron chi connectivity index (χ2n) is 6.48. The summed E-state index contributed by atoms with van der Waals surface area (Å²) in [6.45, 7) is 10.5. The van der Waals surface area contributed by atoms with Crippen LogP contribution in [0.25, 0.3) is 0 Å². The van der Waals surface area contributed by atoms with Crippen molar-refractivity contribution in [3.8, 4) is 0 Å². The van der Waals surface area contributed by atoms with Crippen LogP contribution in [0.15, 0.2) is 24.3 Å². The van der Waals surface area contributed by atoms with E-state index in [0.29, 0.717) is 5.92 Å². The largest absolute Gasteiger partial charge is 0.348 e. The van der Waals surface area contributed by atoms with Crippen molar-refractivity contribution in [2.75, 3.05) is 0 Å². The number of benzene rings is 1. The van der Waals surface area contributed by atoms with E-state index >= 15 is 0 Å². The molecule has 0 fully saturated rings. The lowest BCUT2D eigenvalue weighted by Gasteiger charge is -2.21. The molecule has 0 aliphatic heterocycles. The number of amides is 1. The van der Waals surface area contributed by atoms with E-state index < -0.39 is 6.04 Å². The molecule has 3 atom stereocenters. The van der Waals surface area contributed by atoms with Gasteiger partial charge in [0.05, 0.1) is 12.1 Å². The summed E-state index contributed by atoms with van der Waals surface area (Å²) < 4.78 is 0. The molecule has 1 amide bonds. The van der Waals surface area contributed by atoms with E-state index in [-0.39, 0.29) is 17.9 Å². The Bertz CT molecular complexity index is 439. The molecule has 0 heterocycles. The van der Waals surface area contributed by atoms with Crippen LogP contribution in [0.1, 0.15) is 58.2 Å². The van der Waals surface area contributed by atoms with Gasteiger partial charge in [-0.1, -0.05) is 58.4 Å². The third kappa shape index (κ3) is 5.50. The molecule has 1 aromatic carbocycles. The van der Waals surface area contributed by atoms with E-state index in [1.807, 2.05) is 13.8 Å². The summed E-state index contributed by atoms with van der Waals surface area (Å²) in [5.41, 5.74) is 8.42. The van der Waals surface area contributed by atoms with Gasteiger partial charge in [0.1, 0.15) is 0 Å². The van der Waals surface area contributed by atoms with Crippen LogP contribution in [0.2, 0.25) is 0 Å². The van der Waals surface area contributed by atoms with Crippen molar-refractivity contribution in [3.05, 3.63) is 35.4 Å². The predicted octanol–water partition coefficient (Wildman–Crippen LogP) is 3.44. The number of carbonyl (C=O) groups excluding carboxylic acids is 1. The molecule has 0 saturated heterocycles. The molecule has 118 valence electrons. The van der Waals surface area contributed by atoms with E-state index in [2.05, 4.69) is 50.4 Å². The van der Waals surface area contributed by atoms with E-state index in [0.717, 1.165) is 18.4 Å². The number of nitrogens with one attached hydrogen (secondary N) is 1. The summed E-state index contributed by atoms with van der Waals surface area (Å²) in [4.78, 5) is 12.1. The van der Waals surface area contributed by atoms with Gasteiger partial charge in [0, 0.05) is 0 Å². The summed E-state index contributed by atoms with van der Waals surface area (Å²) in [6.07, 6.45) is 1.99. The summed E-state index contributed by atoms with van der Waals surface area (Å²) in [6, 6.07) is 8.03. The number of hydrogen-bond acceptors (Lipinski definition) is 2. The highest BCUT2D eigenvalue weighted by Crippen LogP contribution is 2.16. The van der Waals surface area contributed by atoms with Crippen LogP contribution in [0.4, 0.5) is 0 Å². The van der Waals surface area contributed by atoms with Crippen molar-refractivity contribution < 1.29 is 4.79 Å². The number of carbonyl (C=O) groups is 1. The van der Waals surface area contributed by atoms with Crippen molar-refractivity contribution >= 4 is 5.91 Å². The van der Waals surface area contributed by atoms with Crippen LogP contribution in [-0.4, -0.2) is 11.9 Å². The fourth-order valence-electron chi connectivity index (χ4n) is 2.32. The molecular formula is C18H30N2O. The molecule has 0 bridgehead atoms. The lowest BCUT2D eigenvalue weighted by molar-refractivity contribution is -0.124. The Balaban J connectivity index is 2.63. The molecule has 3 heteroatoms. The topological polar surface area (TPSA) is 55.1 Å². The monoisotopic (exact) mass is 290 g/mol. The van der Waals surface area contributed by atoms with Gasteiger partial charge in [0.2, 0.25) is 5.91 Å². The van der Waals surface area contributed by atoms with Crippen LogP contribution >= 0.6 is 0 Å². The molecule has 0 aliphatic carbocycles. The van der Waals surface area contributed by atoms with Crippen molar-refractivity contribution in [1.29, 1.82) is 0 Å². The fourth-order valence-corrected chi connectivity index (χ4v) is 2.32. The van der Waals surface area contributed by atoms with E-state index in [1.54, 1.807) is 0 Å². The Hall–Kier alpha value is -1.35. The Labute approximate surface area is 129 Å². The lowest BCUT2D eigenvalue weighted by atomic mass is 9.98. The fraction of sp³-hybridized carbons (Fsp3) is 0.611. The molecule has 3 N–H and O–H groups in total. The van der Waals surface area contributed by atoms with Crippen LogP contribution < -0.4 is 11.1 Å². The van der Waals surface area contributed by atoms with E-state index in [1.165, 1.54) is 5.56 Å². The highest BCUT2D eigenvalue weighted by atomic mass is 16.2. The van der Waals surface area contributed by atoms with Gasteiger partial charge in [-0.3, -0.25) is 4.79 Å². The normalized spacial score (nSPS) is 15.6. The third-order valence-electron chi connectivity index (χ3n) is 4.04.